The van der Waals surface area contributed by atoms with Crippen LogP contribution < -0.4 is 14.4 Å². The van der Waals surface area contributed by atoms with E-state index < -0.39 is 28.5 Å². The molecule has 2 rings (SSSR count). The molecule has 2 amide bonds. The summed E-state index contributed by atoms with van der Waals surface area (Å²) in [4.78, 5) is 40.2. The Bertz CT molecular complexity index is 1210. The van der Waals surface area contributed by atoms with Gasteiger partial charge in [0.1, 0.15) is 18.3 Å². The molecule has 10 heteroatoms. The Kier molecular flexibility index (Phi) is 10.7. The van der Waals surface area contributed by atoms with Gasteiger partial charge in [-0.1, -0.05) is 38.1 Å². The van der Waals surface area contributed by atoms with E-state index in [2.05, 4.69) is 5.32 Å². The van der Waals surface area contributed by atoms with Gasteiger partial charge in [-0.3, -0.25) is 18.7 Å². The third kappa shape index (κ3) is 8.31. The van der Waals surface area contributed by atoms with Gasteiger partial charge in [-0.2, -0.15) is 0 Å². The minimum atomic E-state index is -3.89. The molecule has 0 radical (unpaired) electrons. The molecule has 0 aliphatic rings. The van der Waals surface area contributed by atoms with Crippen LogP contribution in [0.4, 0.5) is 5.69 Å². The topological polar surface area (TPSA) is 113 Å². The van der Waals surface area contributed by atoms with Gasteiger partial charge >= 0.3 is 0 Å². The van der Waals surface area contributed by atoms with Crippen LogP contribution in [-0.4, -0.2) is 62.9 Å². The summed E-state index contributed by atoms with van der Waals surface area (Å²) in [5, 5.41) is 2.93. The van der Waals surface area contributed by atoms with E-state index in [0.717, 1.165) is 22.5 Å². The van der Waals surface area contributed by atoms with E-state index in [9.17, 15) is 22.8 Å². The Hall–Kier alpha value is -3.40. The van der Waals surface area contributed by atoms with Crippen molar-refractivity contribution < 1.29 is 27.5 Å². The molecule has 2 atom stereocenters. The van der Waals surface area contributed by atoms with Crippen molar-refractivity contribution >= 4 is 33.3 Å². The van der Waals surface area contributed by atoms with Crippen LogP contribution in [0.25, 0.3) is 0 Å². The van der Waals surface area contributed by atoms with Crippen LogP contribution >= 0.6 is 0 Å². The van der Waals surface area contributed by atoms with Crippen molar-refractivity contribution in [2.75, 3.05) is 24.2 Å². The van der Waals surface area contributed by atoms with Crippen LogP contribution in [0.2, 0.25) is 0 Å². The number of benzene rings is 2. The first kappa shape index (κ1) is 29.8. The van der Waals surface area contributed by atoms with Crippen LogP contribution in [-0.2, 0) is 26.2 Å². The highest BCUT2D eigenvalue weighted by molar-refractivity contribution is 7.92. The fraction of sp³-hybridized carbons (Fsp3) is 0.444. The van der Waals surface area contributed by atoms with Crippen LogP contribution in [0.15, 0.2) is 48.5 Å². The fourth-order valence-electron chi connectivity index (χ4n) is 3.82. The van der Waals surface area contributed by atoms with Crippen molar-refractivity contribution in [3.05, 3.63) is 59.7 Å². The summed E-state index contributed by atoms with van der Waals surface area (Å²) in [5.41, 5.74) is 1.25. The highest BCUT2D eigenvalue weighted by atomic mass is 32.2. The van der Waals surface area contributed by atoms with Gasteiger partial charge in [0, 0.05) is 18.2 Å². The third-order valence-electron chi connectivity index (χ3n) is 6.09. The zero-order valence-electron chi connectivity index (χ0n) is 22.4. The standard InChI is InChI=1S/C27H37N3O6S/c1-7-19(3)28-27(33)25(8-2)29(17-21-11-9-14-24(15-21)36-5)26(32)18-30(37(6,34)35)23-13-10-12-22(16-23)20(4)31/h9-16,19,25H,7-8,17-18H2,1-6H3,(H,28,33)/t19-,25+/m1/s1. The van der Waals surface area contributed by atoms with E-state index in [0.29, 0.717) is 17.7 Å². The second-order valence-electron chi connectivity index (χ2n) is 8.99. The Balaban J connectivity index is 2.49. The number of rotatable bonds is 13. The molecule has 1 N–H and O–H groups in total. The van der Waals surface area contributed by atoms with Crippen LogP contribution in [0.3, 0.4) is 0 Å². The zero-order valence-corrected chi connectivity index (χ0v) is 23.2. The van der Waals surface area contributed by atoms with Crippen molar-refractivity contribution in [3.8, 4) is 5.75 Å². The van der Waals surface area contributed by atoms with Crippen molar-refractivity contribution in [3.63, 3.8) is 0 Å². The average molecular weight is 532 g/mol. The molecule has 202 valence electrons. The quantitative estimate of drug-likeness (QED) is 0.397. The first-order valence-corrected chi connectivity index (χ1v) is 14.1. The molecule has 37 heavy (non-hydrogen) atoms. The summed E-state index contributed by atoms with van der Waals surface area (Å²) in [6, 6.07) is 12.3. The number of hydrogen-bond donors (Lipinski definition) is 1. The molecule has 0 aliphatic carbocycles. The van der Waals surface area contributed by atoms with Gasteiger partial charge < -0.3 is 15.0 Å². The average Bonchev–Trinajstić information content (AvgIpc) is 2.86. The lowest BCUT2D eigenvalue weighted by Gasteiger charge is -2.33. The number of ether oxygens (including phenoxy) is 1. The molecule has 0 fully saturated rings. The highest BCUT2D eigenvalue weighted by Crippen LogP contribution is 2.22. The minimum Gasteiger partial charge on any atom is -0.497 e. The smallest absolute Gasteiger partial charge is 0.244 e. The molecule has 0 bridgehead atoms. The minimum absolute atomic E-state index is 0.0769. The Labute approximate surface area is 219 Å². The summed E-state index contributed by atoms with van der Waals surface area (Å²) in [7, 11) is -2.36. The summed E-state index contributed by atoms with van der Waals surface area (Å²) in [5.74, 6) is -0.486. The molecule has 0 aliphatic heterocycles. The Morgan fingerprint density at radius 2 is 1.70 bits per heavy atom. The van der Waals surface area contributed by atoms with E-state index in [4.69, 9.17) is 4.74 Å². The van der Waals surface area contributed by atoms with Gasteiger partial charge in [0.25, 0.3) is 0 Å². The van der Waals surface area contributed by atoms with Gasteiger partial charge in [0.15, 0.2) is 5.78 Å². The second-order valence-corrected chi connectivity index (χ2v) is 10.9. The lowest BCUT2D eigenvalue weighted by Crippen LogP contribution is -2.53. The lowest BCUT2D eigenvalue weighted by molar-refractivity contribution is -0.140. The van der Waals surface area contributed by atoms with Crippen molar-refractivity contribution in [1.29, 1.82) is 0 Å². The van der Waals surface area contributed by atoms with E-state index in [1.54, 1.807) is 37.3 Å². The molecule has 0 heterocycles. The number of Topliss-reactive ketones (excluding diaryl/α,β-unsaturated/α-hetero) is 1. The van der Waals surface area contributed by atoms with Crippen molar-refractivity contribution in [1.82, 2.24) is 10.2 Å². The molecule has 0 spiro atoms. The van der Waals surface area contributed by atoms with Gasteiger partial charge in [-0.25, -0.2) is 8.42 Å². The number of amides is 2. The van der Waals surface area contributed by atoms with Crippen LogP contribution in [0.1, 0.15) is 56.5 Å². The number of carbonyl (C=O) groups is 3. The first-order valence-electron chi connectivity index (χ1n) is 12.2. The summed E-state index contributed by atoms with van der Waals surface area (Å²) < 4.78 is 31.7. The first-order chi connectivity index (χ1) is 17.4. The molecule has 0 aromatic heterocycles. The monoisotopic (exact) mass is 531 g/mol. The maximum absolute atomic E-state index is 13.8. The third-order valence-corrected chi connectivity index (χ3v) is 7.23. The summed E-state index contributed by atoms with van der Waals surface area (Å²) in [6.07, 6.45) is 2.05. The van der Waals surface area contributed by atoms with Gasteiger partial charge in [0.05, 0.1) is 19.1 Å². The molecule has 0 saturated carbocycles. The second kappa shape index (κ2) is 13.2. The number of anilines is 1. The van der Waals surface area contributed by atoms with E-state index >= 15 is 0 Å². The molecule has 9 nitrogen and oxygen atoms in total. The number of hydrogen-bond acceptors (Lipinski definition) is 6. The van der Waals surface area contributed by atoms with E-state index in [1.165, 1.54) is 31.1 Å². The predicted molar refractivity (Wildman–Crippen MR) is 144 cm³/mol. The highest BCUT2D eigenvalue weighted by Gasteiger charge is 2.32. The van der Waals surface area contributed by atoms with Crippen LogP contribution in [0.5, 0.6) is 5.75 Å². The molecule has 0 unspecified atom stereocenters. The number of nitrogens with one attached hydrogen (secondary N) is 1. The predicted octanol–water partition coefficient (Wildman–Crippen LogP) is 3.39. The Morgan fingerprint density at radius 3 is 2.27 bits per heavy atom. The maximum Gasteiger partial charge on any atom is 0.244 e. The summed E-state index contributed by atoms with van der Waals surface area (Å²) >= 11 is 0. The Morgan fingerprint density at radius 1 is 1.03 bits per heavy atom. The number of sulfonamides is 1. The largest absolute Gasteiger partial charge is 0.497 e. The van der Waals surface area contributed by atoms with Crippen LogP contribution in [0, 0.1) is 0 Å². The number of methoxy groups -OCH3 is 1. The fourth-order valence-corrected chi connectivity index (χ4v) is 4.66. The lowest BCUT2D eigenvalue weighted by atomic mass is 10.1. The van der Waals surface area contributed by atoms with Gasteiger partial charge in [-0.05, 0) is 56.5 Å². The molecular weight excluding hydrogens is 494 g/mol. The zero-order chi connectivity index (χ0) is 27.8. The molecule has 0 saturated heterocycles. The van der Waals surface area contributed by atoms with E-state index in [-0.39, 0.29) is 30.0 Å². The van der Waals surface area contributed by atoms with E-state index in [1.807, 2.05) is 19.9 Å². The SMILES string of the molecule is CC[C@@H](C)NC(=O)[C@H](CC)N(Cc1cccc(OC)c1)C(=O)CN(c1cccc(C(C)=O)c1)S(C)(=O)=O. The maximum atomic E-state index is 13.8. The number of ketones is 1. The van der Waals surface area contributed by atoms with Crippen molar-refractivity contribution in [2.45, 2.75) is 59.2 Å². The molecule has 2 aromatic carbocycles. The molecular formula is C27H37N3O6S. The normalized spacial score (nSPS) is 12.8. The number of carbonyl (C=O) groups excluding carboxylic acids is 3. The van der Waals surface area contributed by atoms with Gasteiger partial charge in [-0.15, -0.1) is 0 Å². The number of nitrogens with zero attached hydrogens (tertiary/aromatic N) is 2. The summed E-state index contributed by atoms with van der Waals surface area (Å²) in [6.45, 7) is 6.56. The molecule has 2 aromatic rings. The van der Waals surface area contributed by atoms with Gasteiger partial charge in [0.2, 0.25) is 21.8 Å². The van der Waals surface area contributed by atoms with Crippen molar-refractivity contribution in [2.24, 2.45) is 0 Å².